The Bertz CT molecular complexity index is 727. The molecule has 0 aliphatic rings. The summed E-state index contributed by atoms with van der Waals surface area (Å²) < 4.78 is 15.4. The van der Waals surface area contributed by atoms with Crippen LogP contribution in [0.5, 0.6) is 0 Å². The highest BCUT2D eigenvalue weighted by Gasteiger charge is 2.09. The van der Waals surface area contributed by atoms with Crippen molar-refractivity contribution in [3.05, 3.63) is 66.7 Å². The van der Waals surface area contributed by atoms with Crippen LogP contribution in [-0.2, 0) is 0 Å². The maximum Gasteiger partial charge on any atom is 0.189 e. The van der Waals surface area contributed by atoms with Crippen molar-refractivity contribution in [2.45, 2.75) is 6.92 Å². The van der Waals surface area contributed by atoms with Crippen molar-refractivity contribution in [3.63, 3.8) is 0 Å². The van der Waals surface area contributed by atoms with Gasteiger partial charge in [-0.05, 0) is 36.8 Å². The minimum atomic E-state index is -0.0951. The smallest absolute Gasteiger partial charge is 0.189 e. The van der Waals surface area contributed by atoms with Gasteiger partial charge in [0.2, 0.25) is 0 Å². The molecule has 0 atom stereocenters. The van der Waals surface area contributed by atoms with Crippen LogP contribution in [0.25, 0.3) is 16.9 Å². The predicted octanol–water partition coefficient (Wildman–Crippen LogP) is 4.42. The fourth-order valence-corrected chi connectivity index (χ4v) is 1.87. The third-order valence-corrected chi connectivity index (χ3v) is 3.01. The molecule has 0 unspecified atom stereocenters. The van der Waals surface area contributed by atoms with Gasteiger partial charge >= 0.3 is 0 Å². The van der Waals surface area contributed by atoms with Crippen LogP contribution in [0.1, 0.15) is 22.8 Å². The molecule has 0 aliphatic heterocycles. The Hall–Kier alpha value is -2.75. The zero-order valence-corrected chi connectivity index (χ0v) is 10.8. The summed E-state index contributed by atoms with van der Waals surface area (Å²) in [4.78, 5) is 11.9. The molecule has 0 bridgehead atoms. The van der Waals surface area contributed by atoms with Gasteiger partial charge in [0.05, 0.1) is 29.9 Å². The summed E-state index contributed by atoms with van der Waals surface area (Å²) in [5, 5.41) is 0. The number of carbonyl (C=O) groups excluding carboxylic acids is 1. The molecule has 3 aromatic heterocycles. The van der Waals surface area contributed by atoms with E-state index in [0.717, 1.165) is 16.7 Å². The number of rotatable bonds is 4. The molecule has 100 valence electrons. The quantitative estimate of drug-likeness (QED) is 0.519. The third-order valence-electron chi connectivity index (χ3n) is 3.01. The second kappa shape index (κ2) is 5.09. The molecule has 3 aromatic rings. The van der Waals surface area contributed by atoms with Gasteiger partial charge in [-0.3, -0.25) is 4.79 Å². The second-order valence-corrected chi connectivity index (χ2v) is 4.42. The van der Waals surface area contributed by atoms with Crippen molar-refractivity contribution in [3.8, 4) is 11.3 Å². The van der Waals surface area contributed by atoms with Gasteiger partial charge in [0.25, 0.3) is 0 Å². The topological polar surface area (TPSA) is 56.5 Å². The van der Waals surface area contributed by atoms with E-state index in [1.807, 2.05) is 19.1 Å². The SMILES string of the molecule is C/C(=C\C(=O)c1ccoc1)c1coc(-c2ccoc2)c1. The molecule has 4 nitrogen and oxygen atoms in total. The highest BCUT2D eigenvalue weighted by atomic mass is 16.3. The van der Waals surface area contributed by atoms with Gasteiger partial charge in [-0.1, -0.05) is 0 Å². The van der Waals surface area contributed by atoms with Crippen molar-refractivity contribution in [1.82, 2.24) is 0 Å². The molecule has 0 aliphatic carbocycles. The molecular formula is C16H12O4. The van der Waals surface area contributed by atoms with Gasteiger partial charge in [-0.2, -0.15) is 0 Å². The van der Waals surface area contributed by atoms with Gasteiger partial charge in [-0.25, -0.2) is 0 Å². The minimum absolute atomic E-state index is 0.0951. The molecule has 20 heavy (non-hydrogen) atoms. The van der Waals surface area contributed by atoms with Gasteiger partial charge in [0, 0.05) is 5.56 Å². The van der Waals surface area contributed by atoms with E-state index in [-0.39, 0.29) is 5.78 Å². The Kier molecular flexibility index (Phi) is 3.13. The van der Waals surface area contributed by atoms with Crippen molar-refractivity contribution in [2.75, 3.05) is 0 Å². The Balaban J connectivity index is 1.84. The molecule has 0 saturated carbocycles. The number of carbonyl (C=O) groups is 1. The number of furan rings is 3. The molecular weight excluding hydrogens is 256 g/mol. The lowest BCUT2D eigenvalue weighted by Gasteiger charge is -1.94. The summed E-state index contributed by atoms with van der Waals surface area (Å²) in [6.45, 7) is 1.86. The number of hydrogen-bond acceptors (Lipinski definition) is 4. The lowest BCUT2D eigenvalue weighted by Crippen LogP contribution is -1.92. The molecule has 0 radical (unpaired) electrons. The normalized spacial score (nSPS) is 11.8. The maximum absolute atomic E-state index is 11.9. The molecule has 0 saturated heterocycles. The molecule has 0 aromatic carbocycles. The van der Waals surface area contributed by atoms with Crippen LogP contribution >= 0.6 is 0 Å². The minimum Gasteiger partial charge on any atom is -0.472 e. The standard InChI is InChI=1S/C16H12O4/c1-11(6-15(17)12-2-4-18-8-12)14-7-16(20-10-14)13-3-5-19-9-13/h2-10H,1H3/b11-6+. The van der Waals surface area contributed by atoms with Gasteiger partial charge in [-0.15, -0.1) is 0 Å². The van der Waals surface area contributed by atoms with Crippen molar-refractivity contribution in [2.24, 2.45) is 0 Å². The zero-order valence-electron chi connectivity index (χ0n) is 10.8. The highest BCUT2D eigenvalue weighted by molar-refractivity contribution is 6.08. The number of ketones is 1. The molecule has 3 rings (SSSR count). The van der Waals surface area contributed by atoms with Gasteiger partial charge in [0.15, 0.2) is 5.78 Å². The van der Waals surface area contributed by atoms with E-state index in [2.05, 4.69) is 0 Å². The summed E-state index contributed by atoms with van der Waals surface area (Å²) in [7, 11) is 0. The maximum atomic E-state index is 11.9. The summed E-state index contributed by atoms with van der Waals surface area (Å²) in [5.41, 5.74) is 3.08. The first-order valence-corrected chi connectivity index (χ1v) is 6.10. The van der Waals surface area contributed by atoms with E-state index >= 15 is 0 Å². The van der Waals surface area contributed by atoms with Crippen LogP contribution in [0.4, 0.5) is 0 Å². The van der Waals surface area contributed by atoms with Crippen LogP contribution < -0.4 is 0 Å². The zero-order chi connectivity index (χ0) is 13.9. The van der Waals surface area contributed by atoms with Crippen LogP contribution in [0, 0.1) is 0 Å². The van der Waals surface area contributed by atoms with Crippen molar-refractivity contribution in [1.29, 1.82) is 0 Å². The Morgan fingerprint density at radius 3 is 2.55 bits per heavy atom. The summed E-state index contributed by atoms with van der Waals surface area (Å²) in [6, 6.07) is 5.33. The molecule has 4 heteroatoms. The second-order valence-electron chi connectivity index (χ2n) is 4.42. The first-order valence-electron chi connectivity index (χ1n) is 6.10. The van der Waals surface area contributed by atoms with Crippen molar-refractivity contribution >= 4 is 11.4 Å². The lowest BCUT2D eigenvalue weighted by molar-refractivity contribution is 0.104. The number of allylic oxidation sites excluding steroid dienone is 2. The van der Waals surface area contributed by atoms with Crippen LogP contribution in [0.2, 0.25) is 0 Å². The highest BCUT2D eigenvalue weighted by Crippen LogP contribution is 2.26. The Morgan fingerprint density at radius 1 is 1.05 bits per heavy atom. The predicted molar refractivity (Wildman–Crippen MR) is 73.1 cm³/mol. The average molecular weight is 268 g/mol. The molecule has 0 spiro atoms. The van der Waals surface area contributed by atoms with Crippen LogP contribution in [0.3, 0.4) is 0 Å². The number of hydrogen-bond donors (Lipinski definition) is 0. The summed E-state index contributed by atoms with van der Waals surface area (Å²) >= 11 is 0. The van der Waals surface area contributed by atoms with E-state index in [9.17, 15) is 4.79 Å². The average Bonchev–Trinajstić information content (AvgIpc) is 3.19. The van der Waals surface area contributed by atoms with E-state index < -0.39 is 0 Å². The monoisotopic (exact) mass is 268 g/mol. The lowest BCUT2D eigenvalue weighted by atomic mass is 10.1. The largest absolute Gasteiger partial charge is 0.472 e. The van der Waals surface area contributed by atoms with E-state index in [1.54, 1.807) is 30.9 Å². The molecule has 0 fully saturated rings. The first-order chi connectivity index (χ1) is 9.74. The fourth-order valence-electron chi connectivity index (χ4n) is 1.87. The molecule has 0 N–H and O–H groups in total. The van der Waals surface area contributed by atoms with E-state index in [1.165, 1.54) is 12.5 Å². The van der Waals surface area contributed by atoms with E-state index in [0.29, 0.717) is 11.3 Å². The van der Waals surface area contributed by atoms with Crippen LogP contribution in [-0.4, -0.2) is 5.78 Å². The summed E-state index contributed by atoms with van der Waals surface area (Å²) in [5.74, 6) is 0.611. The Morgan fingerprint density at radius 2 is 1.85 bits per heavy atom. The molecule has 3 heterocycles. The van der Waals surface area contributed by atoms with Gasteiger partial charge in [0.1, 0.15) is 18.3 Å². The summed E-state index contributed by atoms with van der Waals surface area (Å²) in [6.07, 6.45) is 9.29. The van der Waals surface area contributed by atoms with Gasteiger partial charge < -0.3 is 13.3 Å². The third kappa shape index (κ3) is 2.36. The Labute approximate surface area is 115 Å². The van der Waals surface area contributed by atoms with Crippen LogP contribution in [0.15, 0.2) is 68.8 Å². The van der Waals surface area contributed by atoms with Crippen molar-refractivity contribution < 1.29 is 18.0 Å². The first kappa shape index (κ1) is 12.3. The fraction of sp³-hybridized carbons (Fsp3) is 0.0625. The molecule has 0 amide bonds. The van der Waals surface area contributed by atoms with E-state index in [4.69, 9.17) is 13.3 Å².